The van der Waals surface area contributed by atoms with E-state index in [1.807, 2.05) is 0 Å². The van der Waals surface area contributed by atoms with Gasteiger partial charge in [-0.3, -0.25) is 4.79 Å². The summed E-state index contributed by atoms with van der Waals surface area (Å²) in [7, 11) is 0. The van der Waals surface area contributed by atoms with E-state index in [4.69, 9.17) is 5.11 Å². The van der Waals surface area contributed by atoms with Crippen molar-refractivity contribution >= 4 is 12.0 Å². The molecule has 0 aliphatic carbocycles. The molecule has 1 saturated heterocycles. The molecule has 1 unspecified atom stereocenters. The van der Waals surface area contributed by atoms with Crippen LogP contribution in [0.25, 0.3) is 0 Å². The van der Waals surface area contributed by atoms with Crippen molar-refractivity contribution in [3.63, 3.8) is 0 Å². The highest BCUT2D eigenvalue weighted by atomic mass is 19.4. The van der Waals surface area contributed by atoms with E-state index >= 15 is 0 Å². The van der Waals surface area contributed by atoms with E-state index in [1.54, 1.807) is 5.32 Å². The van der Waals surface area contributed by atoms with Gasteiger partial charge in [-0.2, -0.15) is 13.2 Å². The number of carboxylic acid groups (broad SMARTS) is 1. The molecule has 1 aromatic rings. The number of carboxylic acids is 1. The first-order chi connectivity index (χ1) is 11.6. The molecule has 0 saturated carbocycles. The maximum Gasteiger partial charge on any atom is 0.413 e. The van der Waals surface area contributed by atoms with Crippen LogP contribution in [0.3, 0.4) is 0 Å². The van der Waals surface area contributed by atoms with Crippen LogP contribution < -0.4 is 5.32 Å². The van der Waals surface area contributed by atoms with Crippen LogP contribution in [0, 0.1) is 17.6 Å². The third-order valence-corrected chi connectivity index (χ3v) is 4.01. The number of carbonyl (C=O) groups is 2. The predicted molar refractivity (Wildman–Crippen MR) is 75.6 cm³/mol. The lowest BCUT2D eigenvalue weighted by Gasteiger charge is -2.32. The number of carbonyl (C=O) groups excluding carboxylic acids is 1. The molecule has 2 rings (SSSR count). The van der Waals surface area contributed by atoms with Crippen molar-refractivity contribution in [3.05, 3.63) is 35.4 Å². The summed E-state index contributed by atoms with van der Waals surface area (Å²) in [6, 6.07) is -1.75. The first-order valence-electron chi connectivity index (χ1n) is 7.40. The summed E-state index contributed by atoms with van der Waals surface area (Å²) in [4.78, 5) is 23.9. The van der Waals surface area contributed by atoms with E-state index in [0.717, 1.165) is 11.0 Å². The number of nitrogens with one attached hydrogen (secondary N) is 1. The normalized spacial score (nSPS) is 17.2. The zero-order chi connectivity index (χ0) is 18.8. The lowest BCUT2D eigenvalue weighted by atomic mass is 9.97. The molecule has 1 aliphatic rings. The molecule has 0 radical (unpaired) electrons. The molecule has 1 fully saturated rings. The molecule has 0 spiro atoms. The van der Waals surface area contributed by atoms with Gasteiger partial charge in [0.1, 0.15) is 11.6 Å². The van der Waals surface area contributed by atoms with E-state index in [1.165, 1.54) is 0 Å². The van der Waals surface area contributed by atoms with Gasteiger partial charge >= 0.3 is 18.2 Å². The van der Waals surface area contributed by atoms with Crippen LogP contribution in [0.2, 0.25) is 0 Å². The van der Waals surface area contributed by atoms with Crippen molar-refractivity contribution in [2.75, 3.05) is 13.1 Å². The number of rotatable bonds is 3. The van der Waals surface area contributed by atoms with Crippen LogP contribution >= 0.6 is 0 Å². The maximum atomic E-state index is 13.7. The molecule has 0 aromatic heterocycles. The summed E-state index contributed by atoms with van der Waals surface area (Å²) in [6.07, 6.45) is -4.93. The molecule has 25 heavy (non-hydrogen) atoms. The molecule has 138 valence electrons. The van der Waals surface area contributed by atoms with Crippen LogP contribution in [0.5, 0.6) is 0 Å². The standard InChI is InChI=1S/C15H15F5N2O3/c16-9-2-1-3-10(17)11(9)12(15(18,19)20)21-14(25)22-6-4-8(5-7-22)13(23)24/h1-3,8,12H,4-7H2,(H,21,25)(H,23,24). The van der Waals surface area contributed by atoms with Gasteiger partial charge in [-0.25, -0.2) is 13.6 Å². The molecule has 5 nitrogen and oxygen atoms in total. The summed E-state index contributed by atoms with van der Waals surface area (Å²) in [5.74, 6) is -4.56. The number of nitrogens with zero attached hydrogens (tertiary/aromatic N) is 1. The van der Waals surface area contributed by atoms with Crippen LogP contribution in [-0.2, 0) is 4.79 Å². The quantitative estimate of drug-likeness (QED) is 0.808. The van der Waals surface area contributed by atoms with Gasteiger partial charge in [-0.15, -0.1) is 0 Å². The zero-order valence-electron chi connectivity index (χ0n) is 12.8. The van der Waals surface area contributed by atoms with Crippen molar-refractivity contribution < 1.29 is 36.6 Å². The third kappa shape index (κ3) is 4.37. The number of likely N-dealkylation sites (tertiary alicyclic amines) is 1. The fourth-order valence-corrected chi connectivity index (χ4v) is 2.65. The topological polar surface area (TPSA) is 69.6 Å². The van der Waals surface area contributed by atoms with E-state index < -0.39 is 47.3 Å². The third-order valence-electron chi connectivity index (χ3n) is 4.01. The van der Waals surface area contributed by atoms with Crippen LogP contribution in [0.1, 0.15) is 24.4 Å². The Bertz CT molecular complexity index is 637. The first-order valence-corrected chi connectivity index (χ1v) is 7.40. The highest BCUT2D eigenvalue weighted by molar-refractivity contribution is 5.76. The predicted octanol–water partition coefficient (Wildman–Crippen LogP) is 3.07. The summed E-state index contributed by atoms with van der Waals surface area (Å²) in [5.41, 5.74) is -1.29. The van der Waals surface area contributed by atoms with Gasteiger partial charge in [0.15, 0.2) is 6.04 Å². The van der Waals surface area contributed by atoms with Crippen molar-refractivity contribution in [1.82, 2.24) is 10.2 Å². The number of amides is 2. The van der Waals surface area contributed by atoms with Gasteiger partial charge in [-0.05, 0) is 25.0 Å². The maximum absolute atomic E-state index is 13.7. The van der Waals surface area contributed by atoms with Crippen LogP contribution in [-0.4, -0.2) is 41.3 Å². The van der Waals surface area contributed by atoms with E-state index in [-0.39, 0.29) is 25.9 Å². The second kappa shape index (κ2) is 7.24. The molecular weight excluding hydrogens is 351 g/mol. The number of alkyl halides is 3. The Labute approximate surface area is 139 Å². The number of urea groups is 1. The SMILES string of the molecule is O=C(O)C1CCN(C(=O)NC(c2c(F)cccc2F)C(F)(F)F)CC1. The second-order valence-corrected chi connectivity index (χ2v) is 5.66. The molecule has 2 N–H and O–H groups in total. The minimum Gasteiger partial charge on any atom is -0.481 e. The van der Waals surface area contributed by atoms with Crippen LogP contribution in [0.4, 0.5) is 26.7 Å². The number of hydrogen-bond acceptors (Lipinski definition) is 2. The minimum absolute atomic E-state index is 0.0624. The molecule has 1 heterocycles. The molecule has 1 aromatic carbocycles. The van der Waals surface area contributed by atoms with Gasteiger partial charge in [0, 0.05) is 13.1 Å². The molecule has 2 amide bonds. The monoisotopic (exact) mass is 366 g/mol. The average Bonchev–Trinajstić information content (AvgIpc) is 2.52. The number of benzene rings is 1. The summed E-state index contributed by atoms with van der Waals surface area (Å²) < 4.78 is 67.0. The van der Waals surface area contributed by atoms with Crippen LogP contribution in [0.15, 0.2) is 18.2 Å². The average molecular weight is 366 g/mol. The fraction of sp³-hybridized carbons (Fsp3) is 0.467. The molecule has 1 atom stereocenters. The van der Waals surface area contributed by atoms with Gasteiger partial charge < -0.3 is 15.3 Å². The van der Waals surface area contributed by atoms with E-state index in [2.05, 4.69) is 0 Å². The Morgan fingerprint density at radius 1 is 1.16 bits per heavy atom. The van der Waals surface area contributed by atoms with E-state index in [0.29, 0.717) is 12.1 Å². The van der Waals surface area contributed by atoms with E-state index in [9.17, 15) is 31.5 Å². The lowest BCUT2D eigenvalue weighted by Crippen LogP contribution is -2.49. The minimum atomic E-state index is -5.11. The van der Waals surface area contributed by atoms with Crippen molar-refractivity contribution in [1.29, 1.82) is 0 Å². The number of piperidine rings is 1. The van der Waals surface area contributed by atoms with Gasteiger partial charge in [-0.1, -0.05) is 6.07 Å². The molecular formula is C15H15F5N2O3. The summed E-state index contributed by atoms with van der Waals surface area (Å²) >= 11 is 0. The first kappa shape index (κ1) is 18.9. The Morgan fingerprint density at radius 2 is 1.68 bits per heavy atom. The Balaban J connectivity index is 2.16. The Kier molecular flexibility index (Phi) is 5.48. The summed E-state index contributed by atoms with van der Waals surface area (Å²) in [5, 5.41) is 10.5. The van der Waals surface area contributed by atoms with Crippen molar-refractivity contribution in [2.45, 2.75) is 25.1 Å². The van der Waals surface area contributed by atoms with Gasteiger partial charge in [0.25, 0.3) is 0 Å². The smallest absolute Gasteiger partial charge is 0.413 e. The lowest BCUT2D eigenvalue weighted by molar-refractivity contribution is -0.156. The highest BCUT2D eigenvalue weighted by Crippen LogP contribution is 2.35. The highest BCUT2D eigenvalue weighted by Gasteiger charge is 2.45. The van der Waals surface area contributed by atoms with Gasteiger partial charge in [0.05, 0.1) is 11.5 Å². The Morgan fingerprint density at radius 3 is 2.12 bits per heavy atom. The molecule has 10 heteroatoms. The summed E-state index contributed by atoms with van der Waals surface area (Å²) in [6.45, 7) is -0.125. The van der Waals surface area contributed by atoms with Crippen molar-refractivity contribution in [3.8, 4) is 0 Å². The number of hydrogen-bond donors (Lipinski definition) is 2. The fourth-order valence-electron chi connectivity index (χ4n) is 2.65. The zero-order valence-corrected chi connectivity index (χ0v) is 12.8. The van der Waals surface area contributed by atoms with Crippen molar-refractivity contribution in [2.24, 2.45) is 5.92 Å². The number of aliphatic carboxylic acids is 1. The molecule has 1 aliphatic heterocycles. The second-order valence-electron chi connectivity index (χ2n) is 5.66. The molecule has 0 bridgehead atoms. The number of halogens is 5. The largest absolute Gasteiger partial charge is 0.481 e. The Hall–Kier alpha value is -2.39. The van der Waals surface area contributed by atoms with Gasteiger partial charge in [0.2, 0.25) is 0 Å².